The van der Waals surface area contributed by atoms with Crippen molar-refractivity contribution in [1.29, 1.82) is 0 Å². The van der Waals surface area contributed by atoms with Crippen LogP contribution in [0.5, 0.6) is 0 Å². The quantitative estimate of drug-likeness (QED) is 0.879. The van der Waals surface area contributed by atoms with E-state index in [9.17, 15) is 0 Å². The fraction of sp³-hybridized carbons (Fsp3) is 0.625. The minimum Gasteiger partial charge on any atom is -0.369 e. The molecule has 1 aliphatic rings. The molecule has 106 valence electrons. The second-order valence-electron chi connectivity index (χ2n) is 5.60. The van der Waals surface area contributed by atoms with Gasteiger partial charge in [0.15, 0.2) is 0 Å². The summed E-state index contributed by atoms with van der Waals surface area (Å²) in [6.45, 7) is 12.3. The maximum atomic E-state index is 3.49. The van der Waals surface area contributed by atoms with E-state index in [1.54, 1.807) is 0 Å². The Balaban J connectivity index is 1.98. The molecule has 1 fully saturated rings. The van der Waals surface area contributed by atoms with Crippen LogP contribution in [-0.4, -0.2) is 37.7 Å². The van der Waals surface area contributed by atoms with Crippen molar-refractivity contribution in [2.45, 2.75) is 33.1 Å². The van der Waals surface area contributed by atoms with E-state index in [-0.39, 0.29) is 0 Å². The standard InChI is InChI=1S/C16H27N3/c1-4-9-17-19-12-10-18(11-13-19)16-8-6-5-7-15(16)14(2)3/h5-8,14,17H,4,9-13H2,1-3H3. The first kappa shape index (κ1) is 14.4. The highest BCUT2D eigenvalue weighted by Crippen LogP contribution is 2.27. The smallest absolute Gasteiger partial charge is 0.0402 e. The highest BCUT2D eigenvalue weighted by atomic mass is 15.5. The first-order valence-electron chi connectivity index (χ1n) is 7.54. The van der Waals surface area contributed by atoms with Crippen molar-refractivity contribution in [3.63, 3.8) is 0 Å². The molecule has 0 spiro atoms. The van der Waals surface area contributed by atoms with Crippen LogP contribution in [0.3, 0.4) is 0 Å². The van der Waals surface area contributed by atoms with Gasteiger partial charge in [-0.05, 0) is 24.0 Å². The van der Waals surface area contributed by atoms with Gasteiger partial charge in [-0.2, -0.15) is 0 Å². The van der Waals surface area contributed by atoms with E-state index in [1.807, 2.05) is 0 Å². The molecule has 1 aliphatic heterocycles. The average molecular weight is 261 g/mol. The van der Waals surface area contributed by atoms with Crippen molar-refractivity contribution in [3.05, 3.63) is 29.8 Å². The molecule has 0 amide bonds. The van der Waals surface area contributed by atoms with E-state index in [0.717, 1.165) is 32.7 Å². The molecular formula is C16H27N3. The fourth-order valence-electron chi connectivity index (χ4n) is 2.64. The molecule has 19 heavy (non-hydrogen) atoms. The molecule has 1 saturated heterocycles. The number of nitrogens with zero attached hydrogens (tertiary/aromatic N) is 2. The summed E-state index contributed by atoms with van der Waals surface area (Å²) in [6, 6.07) is 8.84. The minimum absolute atomic E-state index is 0.590. The largest absolute Gasteiger partial charge is 0.369 e. The van der Waals surface area contributed by atoms with E-state index in [0.29, 0.717) is 5.92 Å². The van der Waals surface area contributed by atoms with Crippen LogP contribution in [0.4, 0.5) is 5.69 Å². The molecular weight excluding hydrogens is 234 g/mol. The van der Waals surface area contributed by atoms with Crippen LogP contribution in [0, 0.1) is 0 Å². The number of hydrogen-bond donors (Lipinski definition) is 1. The van der Waals surface area contributed by atoms with E-state index >= 15 is 0 Å². The molecule has 0 atom stereocenters. The zero-order valence-corrected chi connectivity index (χ0v) is 12.5. The van der Waals surface area contributed by atoms with Crippen LogP contribution in [0.15, 0.2) is 24.3 Å². The van der Waals surface area contributed by atoms with Gasteiger partial charge < -0.3 is 4.90 Å². The van der Waals surface area contributed by atoms with E-state index < -0.39 is 0 Å². The molecule has 3 nitrogen and oxygen atoms in total. The Morgan fingerprint density at radius 2 is 1.79 bits per heavy atom. The minimum atomic E-state index is 0.590. The van der Waals surface area contributed by atoms with Gasteiger partial charge in [0, 0.05) is 38.4 Å². The molecule has 1 aromatic rings. The second kappa shape index (κ2) is 6.92. The normalized spacial score (nSPS) is 17.2. The number of hydrazine groups is 1. The first-order valence-corrected chi connectivity index (χ1v) is 7.54. The summed E-state index contributed by atoms with van der Waals surface area (Å²) in [5.41, 5.74) is 6.38. The molecule has 0 radical (unpaired) electrons. The molecule has 2 rings (SSSR count). The zero-order valence-electron chi connectivity index (χ0n) is 12.5. The number of anilines is 1. The Morgan fingerprint density at radius 1 is 1.11 bits per heavy atom. The van der Waals surface area contributed by atoms with E-state index in [1.165, 1.54) is 17.7 Å². The molecule has 0 saturated carbocycles. The molecule has 0 bridgehead atoms. The summed E-state index contributed by atoms with van der Waals surface area (Å²) in [7, 11) is 0. The van der Waals surface area contributed by atoms with Gasteiger partial charge >= 0.3 is 0 Å². The van der Waals surface area contributed by atoms with Crippen LogP contribution >= 0.6 is 0 Å². The van der Waals surface area contributed by atoms with Crippen molar-refractivity contribution in [1.82, 2.24) is 10.4 Å². The number of benzene rings is 1. The number of para-hydroxylation sites is 1. The van der Waals surface area contributed by atoms with Crippen molar-refractivity contribution < 1.29 is 0 Å². The Hall–Kier alpha value is -1.06. The molecule has 0 unspecified atom stereocenters. The monoisotopic (exact) mass is 261 g/mol. The Kier molecular flexibility index (Phi) is 5.23. The lowest BCUT2D eigenvalue weighted by atomic mass is 10.00. The SMILES string of the molecule is CCCNN1CCN(c2ccccc2C(C)C)CC1. The topological polar surface area (TPSA) is 18.5 Å². The maximum absolute atomic E-state index is 3.49. The molecule has 0 aliphatic carbocycles. The Labute approximate surface area is 117 Å². The van der Waals surface area contributed by atoms with Crippen LogP contribution in [0.25, 0.3) is 0 Å². The lowest BCUT2D eigenvalue weighted by Crippen LogP contribution is -2.52. The lowest BCUT2D eigenvalue weighted by Gasteiger charge is -2.37. The summed E-state index contributed by atoms with van der Waals surface area (Å²) >= 11 is 0. The van der Waals surface area contributed by atoms with Crippen molar-refractivity contribution >= 4 is 5.69 Å². The Morgan fingerprint density at radius 3 is 2.42 bits per heavy atom. The number of rotatable bonds is 5. The lowest BCUT2D eigenvalue weighted by molar-refractivity contribution is 0.177. The third-order valence-corrected chi connectivity index (χ3v) is 3.76. The average Bonchev–Trinajstić information content (AvgIpc) is 2.45. The van der Waals surface area contributed by atoms with Crippen molar-refractivity contribution in [2.75, 3.05) is 37.6 Å². The van der Waals surface area contributed by atoms with Gasteiger partial charge in [-0.3, -0.25) is 5.43 Å². The summed E-state index contributed by atoms with van der Waals surface area (Å²) in [4.78, 5) is 2.53. The highest BCUT2D eigenvalue weighted by molar-refractivity contribution is 5.55. The fourth-order valence-corrected chi connectivity index (χ4v) is 2.64. The van der Waals surface area contributed by atoms with E-state index in [2.05, 4.69) is 60.4 Å². The predicted octanol–water partition coefficient (Wildman–Crippen LogP) is 2.85. The maximum Gasteiger partial charge on any atom is 0.0402 e. The third kappa shape index (κ3) is 3.71. The number of nitrogens with one attached hydrogen (secondary N) is 1. The predicted molar refractivity (Wildman–Crippen MR) is 82.6 cm³/mol. The van der Waals surface area contributed by atoms with Crippen LogP contribution < -0.4 is 10.3 Å². The van der Waals surface area contributed by atoms with Crippen molar-refractivity contribution in [3.8, 4) is 0 Å². The molecule has 3 heteroatoms. The van der Waals surface area contributed by atoms with E-state index in [4.69, 9.17) is 0 Å². The first-order chi connectivity index (χ1) is 9.22. The molecule has 0 aromatic heterocycles. The van der Waals surface area contributed by atoms with Gasteiger partial charge in [-0.25, -0.2) is 5.01 Å². The van der Waals surface area contributed by atoms with Gasteiger partial charge in [-0.1, -0.05) is 39.0 Å². The van der Waals surface area contributed by atoms with Crippen LogP contribution in [0.1, 0.15) is 38.7 Å². The third-order valence-electron chi connectivity index (χ3n) is 3.76. The second-order valence-corrected chi connectivity index (χ2v) is 5.60. The number of hydrogen-bond acceptors (Lipinski definition) is 3. The van der Waals surface area contributed by atoms with Gasteiger partial charge in [0.05, 0.1) is 0 Å². The van der Waals surface area contributed by atoms with Crippen molar-refractivity contribution in [2.24, 2.45) is 0 Å². The van der Waals surface area contributed by atoms with Gasteiger partial charge in [-0.15, -0.1) is 0 Å². The van der Waals surface area contributed by atoms with Crippen LogP contribution in [-0.2, 0) is 0 Å². The summed E-state index contributed by atoms with van der Waals surface area (Å²) in [6.07, 6.45) is 1.19. The molecule has 1 N–H and O–H groups in total. The van der Waals surface area contributed by atoms with Crippen LogP contribution in [0.2, 0.25) is 0 Å². The molecule has 1 aromatic carbocycles. The van der Waals surface area contributed by atoms with Gasteiger partial charge in [0.2, 0.25) is 0 Å². The van der Waals surface area contributed by atoms with Gasteiger partial charge in [0.25, 0.3) is 0 Å². The van der Waals surface area contributed by atoms with Gasteiger partial charge in [0.1, 0.15) is 0 Å². The zero-order chi connectivity index (χ0) is 13.7. The summed E-state index contributed by atoms with van der Waals surface area (Å²) in [5.74, 6) is 0.590. The summed E-state index contributed by atoms with van der Waals surface area (Å²) in [5, 5.41) is 2.36. The number of piperazine rings is 1. The summed E-state index contributed by atoms with van der Waals surface area (Å²) < 4.78 is 0. The molecule has 1 heterocycles. The highest BCUT2D eigenvalue weighted by Gasteiger charge is 2.19. The Bertz CT molecular complexity index is 381.